The van der Waals surface area contributed by atoms with Crippen molar-refractivity contribution in [1.29, 1.82) is 0 Å². The van der Waals surface area contributed by atoms with Gasteiger partial charge in [-0.2, -0.15) is 0 Å². The molecular weight excluding hydrogens is 224 g/mol. The maximum atomic E-state index is 6.02. The van der Waals surface area contributed by atoms with Gasteiger partial charge < -0.3 is 10.1 Å². The van der Waals surface area contributed by atoms with Crippen LogP contribution in [0.4, 0.5) is 0 Å². The number of ether oxygens (including phenoxy) is 1. The largest absolute Gasteiger partial charge is 0.473 e. The summed E-state index contributed by atoms with van der Waals surface area (Å²) in [6.45, 7) is 6.08. The van der Waals surface area contributed by atoms with E-state index in [0.717, 1.165) is 12.2 Å². The number of allylic oxidation sites excluding steroid dienone is 1. The van der Waals surface area contributed by atoms with Crippen molar-refractivity contribution < 1.29 is 4.74 Å². The Hall–Kier alpha value is -1.06. The second kappa shape index (κ2) is 7.25. The molecular formula is C12H17ClN2O. The Balaban J connectivity index is 2.65. The number of hydrogen-bond donors (Lipinski definition) is 1. The van der Waals surface area contributed by atoms with Crippen LogP contribution in [-0.4, -0.2) is 18.1 Å². The quantitative estimate of drug-likeness (QED) is 0.777. The summed E-state index contributed by atoms with van der Waals surface area (Å²) in [5.74, 6) is 0.607. The van der Waals surface area contributed by atoms with Crippen molar-refractivity contribution in [3.63, 3.8) is 0 Å². The summed E-state index contributed by atoms with van der Waals surface area (Å²) in [7, 11) is 0. The van der Waals surface area contributed by atoms with Gasteiger partial charge in [0.05, 0.1) is 10.7 Å². The van der Waals surface area contributed by atoms with Gasteiger partial charge in [-0.15, -0.1) is 0 Å². The summed E-state index contributed by atoms with van der Waals surface area (Å²) in [5.41, 5.74) is 0.821. The van der Waals surface area contributed by atoms with Crippen LogP contribution < -0.4 is 10.1 Å². The van der Waals surface area contributed by atoms with Crippen molar-refractivity contribution in [3.8, 4) is 5.88 Å². The van der Waals surface area contributed by atoms with Crippen LogP contribution >= 0.6 is 11.6 Å². The van der Waals surface area contributed by atoms with Crippen LogP contribution in [0.1, 0.15) is 19.5 Å². The Labute approximate surface area is 101 Å². The normalized spacial score (nSPS) is 10.9. The molecule has 0 aliphatic heterocycles. The second-order valence-electron chi connectivity index (χ2n) is 3.24. The molecule has 0 radical (unpaired) electrons. The van der Waals surface area contributed by atoms with Crippen LogP contribution in [-0.2, 0) is 6.54 Å². The first-order valence-corrected chi connectivity index (χ1v) is 5.75. The SMILES string of the molecule is CC=CCOc1ccc(Cl)c(CNCC)n1. The van der Waals surface area contributed by atoms with E-state index < -0.39 is 0 Å². The number of nitrogens with one attached hydrogen (secondary N) is 1. The van der Waals surface area contributed by atoms with E-state index in [1.54, 1.807) is 6.07 Å². The molecule has 0 aliphatic carbocycles. The van der Waals surface area contributed by atoms with Crippen LogP contribution in [0.3, 0.4) is 0 Å². The Morgan fingerprint density at radius 3 is 3.00 bits per heavy atom. The molecule has 0 aromatic carbocycles. The third-order valence-corrected chi connectivity index (χ3v) is 2.34. The van der Waals surface area contributed by atoms with Crippen molar-refractivity contribution in [2.75, 3.05) is 13.2 Å². The molecule has 16 heavy (non-hydrogen) atoms. The molecule has 4 heteroatoms. The third-order valence-electron chi connectivity index (χ3n) is 2.00. The Bertz CT molecular complexity index is 353. The number of halogens is 1. The first kappa shape index (κ1) is 13.0. The number of hydrogen-bond acceptors (Lipinski definition) is 3. The molecule has 1 rings (SSSR count). The minimum Gasteiger partial charge on any atom is -0.473 e. The second-order valence-corrected chi connectivity index (χ2v) is 3.65. The lowest BCUT2D eigenvalue weighted by Gasteiger charge is -2.07. The van der Waals surface area contributed by atoms with Crippen molar-refractivity contribution in [1.82, 2.24) is 10.3 Å². The molecule has 0 fully saturated rings. The van der Waals surface area contributed by atoms with Gasteiger partial charge in [0, 0.05) is 12.6 Å². The zero-order valence-corrected chi connectivity index (χ0v) is 10.4. The fraction of sp³-hybridized carbons (Fsp3) is 0.417. The average Bonchev–Trinajstić information content (AvgIpc) is 2.30. The van der Waals surface area contributed by atoms with Crippen LogP contribution in [0.15, 0.2) is 24.3 Å². The summed E-state index contributed by atoms with van der Waals surface area (Å²) >= 11 is 6.02. The van der Waals surface area contributed by atoms with Crippen molar-refractivity contribution in [2.45, 2.75) is 20.4 Å². The lowest BCUT2D eigenvalue weighted by Crippen LogP contribution is -2.13. The van der Waals surface area contributed by atoms with E-state index >= 15 is 0 Å². The molecule has 0 amide bonds. The van der Waals surface area contributed by atoms with E-state index in [0.29, 0.717) is 24.1 Å². The van der Waals surface area contributed by atoms with Crippen LogP contribution in [0.5, 0.6) is 5.88 Å². The number of pyridine rings is 1. The van der Waals surface area contributed by atoms with E-state index in [1.165, 1.54) is 0 Å². The molecule has 0 spiro atoms. The molecule has 1 N–H and O–H groups in total. The zero-order chi connectivity index (χ0) is 11.8. The van der Waals surface area contributed by atoms with E-state index in [-0.39, 0.29) is 0 Å². The van der Waals surface area contributed by atoms with Gasteiger partial charge in [0.25, 0.3) is 0 Å². The van der Waals surface area contributed by atoms with Crippen LogP contribution in [0.2, 0.25) is 5.02 Å². The average molecular weight is 241 g/mol. The molecule has 0 aliphatic rings. The lowest BCUT2D eigenvalue weighted by atomic mass is 10.3. The third kappa shape index (κ3) is 4.21. The standard InChI is InChI=1S/C12H17ClN2O/c1-3-5-8-16-12-7-6-10(13)11(15-12)9-14-4-2/h3,5-7,14H,4,8-9H2,1-2H3. The first-order chi connectivity index (χ1) is 7.77. The van der Waals surface area contributed by atoms with Gasteiger partial charge in [0.2, 0.25) is 5.88 Å². The minimum absolute atomic E-state index is 0.534. The van der Waals surface area contributed by atoms with Crippen molar-refractivity contribution >= 4 is 11.6 Å². The maximum Gasteiger partial charge on any atom is 0.213 e. The topological polar surface area (TPSA) is 34.1 Å². The van der Waals surface area contributed by atoms with Crippen molar-refractivity contribution in [3.05, 3.63) is 35.0 Å². The van der Waals surface area contributed by atoms with Gasteiger partial charge in [0.15, 0.2) is 0 Å². The molecule has 0 saturated carbocycles. The summed E-state index contributed by atoms with van der Waals surface area (Å²) in [6, 6.07) is 3.59. The van der Waals surface area contributed by atoms with E-state index in [9.17, 15) is 0 Å². The number of nitrogens with zero attached hydrogens (tertiary/aromatic N) is 1. The predicted molar refractivity (Wildman–Crippen MR) is 66.9 cm³/mol. The van der Waals surface area contributed by atoms with E-state index in [4.69, 9.17) is 16.3 Å². The number of rotatable bonds is 6. The highest BCUT2D eigenvalue weighted by Crippen LogP contribution is 2.17. The Morgan fingerprint density at radius 1 is 1.50 bits per heavy atom. The summed E-state index contributed by atoms with van der Waals surface area (Å²) in [6.07, 6.45) is 3.87. The highest BCUT2D eigenvalue weighted by atomic mass is 35.5. The highest BCUT2D eigenvalue weighted by molar-refractivity contribution is 6.31. The van der Waals surface area contributed by atoms with Gasteiger partial charge in [-0.05, 0) is 19.5 Å². The maximum absolute atomic E-state index is 6.02. The van der Waals surface area contributed by atoms with E-state index in [1.807, 2.05) is 32.1 Å². The van der Waals surface area contributed by atoms with Crippen LogP contribution in [0, 0.1) is 0 Å². The van der Waals surface area contributed by atoms with Gasteiger partial charge in [0.1, 0.15) is 6.61 Å². The zero-order valence-electron chi connectivity index (χ0n) is 9.66. The summed E-state index contributed by atoms with van der Waals surface area (Å²) < 4.78 is 5.44. The van der Waals surface area contributed by atoms with Gasteiger partial charge in [-0.25, -0.2) is 4.98 Å². The molecule has 0 bridgehead atoms. The number of aromatic nitrogens is 1. The highest BCUT2D eigenvalue weighted by Gasteiger charge is 2.03. The summed E-state index contributed by atoms with van der Waals surface area (Å²) in [4.78, 5) is 4.33. The van der Waals surface area contributed by atoms with Crippen LogP contribution in [0.25, 0.3) is 0 Å². The van der Waals surface area contributed by atoms with Gasteiger partial charge in [-0.3, -0.25) is 0 Å². The monoisotopic (exact) mass is 240 g/mol. The fourth-order valence-electron chi connectivity index (χ4n) is 1.14. The minimum atomic E-state index is 0.534. The summed E-state index contributed by atoms with van der Waals surface area (Å²) in [5, 5.41) is 3.85. The molecule has 1 heterocycles. The Morgan fingerprint density at radius 2 is 2.31 bits per heavy atom. The smallest absolute Gasteiger partial charge is 0.213 e. The molecule has 1 aromatic rings. The molecule has 0 atom stereocenters. The van der Waals surface area contributed by atoms with E-state index in [2.05, 4.69) is 10.3 Å². The predicted octanol–water partition coefficient (Wildman–Crippen LogP) is 2.80. The first-order valence-electron chi connectivity index (χ1n) is 5.38. The van der Waals surface area contributed by atoms with Crippen molar-refractivity contribution in [2.24, 2.45) is 0 Å². The van der Waals surface area contributed by atoms with Gasteiger partial charge >= 0.3 is 0 Å². The lowest BCUT2D eigenvalue weighted by molar-refractivity contribution is 0.347. The Kier molecular flexibility index (Phi) is 5.90. The van der Waals surface area contributed by atoms with Gasteiger partial charge in [-0.1, -0.05) is 30.7 Å². The molecule has 1 aromatic heterocycles. The molecule has 0 saturated heterocycles. The molecule has 0 unspecified atom stereocenters. The molecule has 3 nitrogen and oxygen atoms in total. The molecule has 88 valence electrons. The fourth-order valence-corrected chi connectivity index (χ4v) is 1.31.